The number of Topliss-reactive ketones (excluding diaryl/α,β-unsaturated/α-hetero) is 1. The highest BCUT2D eigenvalue weighted by Gasteiger charge is 2.42. The summed E-state index contributed by atoms with van der Waals surface area (Å²) >= 11 is 6.12. The predicted molar refractivity (Wildman–Crippen MR) is 130 cm³/mol. The largest absolute Gasteiger partial charge is 0.343 e. The molecule has 33 heavy (non-hydrogen) atoms. The van der Waals surface area contributed by atoms with Gasteiger partial charge in [-0.2, -0.15) is 5.10 Å². The van der Waals surface area contributed by atoms with E-state index in [1.54, 1.807) is 10.9 Å². The van der Waals surface area contributed by atoms with Gasteiger partial charge in [-0.1, -0.05) is 55.3 Å². The third kappa shape index (κ3) is 3.95. The Hall–Kier alpha value is -3.38. The molecule has 7 heteroatoms. The van der Waals surface area contributed by atoms with E-state index in [-0.39, 0.29) is 17.1 Å². The lowest BCUT2D eigenvalue weighted by Crippen LogP contribution is -2.36. The Morgan fingerprint density at radius 2 is 1.82 bits per heavy atom. The van der Waals surface area contributed by atoms with Crippen LogP contribution in [0.3, 0.4) is 0 Å². The quantitative estimate of drug-likeness (QED) is 0.521. The number of allylic oxidation sites excluding steroid dienone is 2. The van der Waals surface area contributed by atoms with Crippen molar-refractivity contribution >= 4 is 34.8 Å². The lowest BCUT2D eigenvalue weighted by atomic mass is 9.73. The first-order valence-electron chi connectivity index (χ1n) is 11.0. The van der Waals surface area contributed by atoms with Crippen LogP contribution >= 0.6 is 11.6 Å². The van der Waals surface area contributed by atoms with Gasteiger partial charge in [0.25, 0.3) is 5.91 Å². The number of fused-ring (bicyclic) bond motifs is 1. The number of hydrogen-bond donors (Lipinski definition) is 2. The molecule has 6 nitrogen and oxygen atoms in total. The fourth-order valence-electron chi connectivity index (χ4n) is 4.67. The topological polar surface area (TPSA) is 76.0 Å². The first-order valence-corrected chi connectivity index (χ1v) is 11.3. The van der Waals surface area contributed by atoms with Gasteiger partial charge in [0, 0.05) is 28.4 Å². The molecule has 2 aliphatic rings. The first kappa shape index (κ1) is 21.5. The van der Waals surface area contributed by atoms with E-state index in [1.807, 2.05) is 55.5 Å². The summed E-state index contributed by atoms with van der Waals surface area (Å²) in [4.78, 5) is 26.4. The average Bonchev–Trinajstić information content (AvgIpc) is 3.17. The van der Waals surface area contributed by atoms with Crippen molar-refractivity contribution in [1.29, 1.82) is 0 Å². The number of aryl methyl sites for hydroxylation is 1. The second-order valence-electron chi connectivity index (χ2n) is 9.58. The lowest BCUT2D eigenvalue weighted by molar-refractivity contribution is -0.118. The SMILES string of the molecule is Cc1ccc(NC(=O)c2cnn3c2NC2=C(C(=O)CC(C)(C)C2)[C@@H]3c2ccc(Cl)cc2)cc1. The Labute approximate surface area is 197 Å². The monoisotopic (exact) mass is 460 g/mol. The number of amides is 1. The lowest BCUT2D eigenvalue weighted by Gasteiger charge is -2.39. The van der Waals surface area contributed by atoms with Gasteiger partial charge in [0.1, 0.15) is 17.4 Å². The van der Waals surface area contributed by atoms with Crippen molar-refractivity contribution in [2.45, 2.75) is 39.7 Å². The van der Waals surface area contributed by atoms with E-state index in [1.165, 1.54) is 0 Å². The zero-order valence-corrected chi connectivity index (χ0v) is 19.5. The first-order chi connectivity index (χ1) is 15.7. The van der Waals surface area contributed by atoms with Gasteiger partial charge in [0.2, 0.25) is 0 Å². The van der Waals surface area contributed by atoms with Gasteiger partial charge in [-0.3, -0.25) is 9.59 Å². The summed E-state index contributed by atoms with van der Waals surface area (Å²) in [6, 6.07) is 14.7. The summed E-state index contributed by atoms with van der Waals surface area (Å²) in [6.45, 7) is 6.17. The number of carbonyl (C=O) groups is 2. The van der Waals surface area contributed by atoms with Gasteiger partial charge < -0.3 is 10.6 Å². The van der Waals surface area contributed by atoms with Crippen LogP contribution in [-0.2, 0) is 4.79 Å². The standard InChI is InChI=1S/C26H25ClN4O2/c1-15-4-10-18(11-5-15)29-25(33)19-14-28-31-23(16-6-8-17(27)9-7-16)22-20(30-24(19)31)12-26(2,3)13-21(22)32/h4-11,14,23,30H,12-13H2,1-3H3,(H,29,33)/t23-/m0/s1. The molecule has 2 heterocycles. The van der Waals surface area contributed by atoms with Crippen LogP contribution < -0.4 is 10.6 Å². The molecule has 0 spiro atoms. The zero-order valence-electron chi connectivity index (χ0n) is 18.8. The van der Waals surface area contributed by atoms with Crippen LogP contribution in [-0.4, -0.2) is 21.5 Å². The number of ketones is 1. The maximum atomic E-state index is 13.3. The van der Waals surface area contributed by atoms with E-state index in [0.29, 0.717) is 40.5 Å². The van der Waals surface area contributed by atoms with Crippen LogP contribution in [0, 0.1) is 12.3 Å². The van der Waals surface area contributed by atoms with Crippen molar-refractivity contribution in [3.8, 4) is 0 Å². The van der Waals surface area contributed by atoms with Crippen molar-refractivity contribution in [3.63, 3.8) is 0 Å². The van der Waals surface area contributed by atoms with Crippen LogP contribution in [0.1, 0.15) is 54.2 Å². The van der Waals surface area contributed by atoms with Crippen molar-refractivity contribution in [2.75, 3.05) is 10.6 Å². The Kier molecular flexibility index (Phi) is 5.13. The second kappa shape index (κ2) is 7.89. The third-order valence-electron chi connectivity index (χ3n) is 6.24. The van der Waals surface area contributed by atoms with E-state index in [0.717, 1.165) is 16.8 Å². The number of aromatic nitrogens is 2. The highest BCUT2D eigenvalue weighted by Crippen LogP contribution is 2.46. The second-order valence-corrected chi connectivity index (χ2v) is 10.0. The Balaban J connectivity index is 1.58. The minimum atomic E-state index is -0.418. The number of rotatable bonds is 3. The third-order valence-corrected chi connectivity index (χ3v) is 6.49. The molecule has 5 rings (SSSR count). The van der Waals surface area contributed by atoms with Gasteiger partial charge in [0.15, 0.2) is 5.78 Å². The molecule has 0 radical (unpaired) electrons. The average molecular weight is 461 g/mol. The number of carbonyl (C=O) groups excluding carboxylic acids is 2. The van der Waals surface area contributed by atoms with E-state index >= 15 is 0 Å². The van der Waals surface area contributed by atoms with Crippen molar-refractivity contribution in [3.05, 3.63) is 87.7 Å². The molecular weight excluding hydrogens is 436 g/mol. The smallest absolute Gasteiger partial charge is 0.261 e. The van der Waals surface area contributed by atoms with Crippen LogP contribution in [0.4, 0.5) is 11.5 Å². The van der Waals surface area contributed by atoms with E-state index in [2.05, 4.69) is 29.6 Å². The van der Waals surface area contributed by atoms with Crippen molar-refractivity contribution in [2.24, 2.45) is 5.41 Å². The highest BCUT2D eigenvalue weighted by atomic mass is 35.5. The predicted octanol–water partition coefficient (Wildman–Crippen LogP) is 5.76. The molecular formula is C26H25ClN4O2. The molecule has 0 fully saturated rings. The van der Waals surface area contributed by atoms with Crippen LogP contribution in [0.5, 0.6) is 0 Å². The minimum absolute atomic E-state index is 0.0977. The number of nitrogens with one attached hydrogen (secondary N) is 2. The molecule has 3 aromatic rings. The molecule has 0 unspecified atom stereocenters. The summed E-state index contributed by atoms with van der Waals surface area (Å²) in [5.41, 5.74) is 4.55. The van der Waals surface area contributed by atoms with Crippen LogP contribution in [0.25, 0.3) is 0 Å². The number of hydrogen-bond acceptors (Lipinski definition) is 4. The molecule has 1 aromatic heterocycles. The zero-order chi connectivity index (χ0) is 23.3. The van der Waals surface area contributed by atoms with Crippen LogP contribution in [0.2, 0.25) is 5.02 Å². The number of halogens is 1. The highest BCUT2D eigenvalue weighted by molar-refractivity contribution is 6.30. The van der Waals surface area contributed by atoms with E-state index in [4.69, 9.17) is 11.6 Å². The summed E-state index contributed by atoms with van der Waals surface area (Å²) in [6.07, 6.45) is 2.74. The Morgan fingerprint density at radius 3 is 2.52 bits per heavy atom. The molecule has 2 aromatic carbocycles. The molecule has 168 valence electrons. The fourth-order valence-corrected chi connectivity index (χ4v) is 4.79. The summed E-state index contributed by atoms with van der Waals surface area (Å²) in [5.74, 6) is 0.428. The molecule has 1 aliphatic carbocycles. The minimum Gasteiger partial charge on any atom is -0.343 e. The van der Waals surface area contributed by atoms with E-state index < -0.39 is 6.04 Å². The number of benzene rings is 2. The normalized spacial score (nSPS) is 18.9. The maximum absolute atomic E-state index is 13.3. The molecule has 0 saturated carbocycles. The fraction of sp³-hybridized carbons (Fsp3) is 0.269. The molecule has 1 atom stereocenters. The van der Waals surface area contributed by atoms with Crippen molar-refractivity contribution < 1.29 is 9.59 Å². The summed E-state index contributed by atoms with van der Waals surface area (Å²) in [5, 5.41) is 11.5. The maximum Gasteiger partial charge on any atom is 0.261 e. The van der Waals surface area contributed by atoms with Gasteiger partial charge in [-0.25, -0.2) is 4.68 Å². The molecule has 0 saturated heterocycles. The molecule has 0 bridgehead atoms. The van der Waals surface area contributed by atoms with Crippen molar-refractivity contribution in [1.82, 2.24) is 9.78 Å². The molecule has 1 aliphatic heterocycles. The Morgan fingerprint density at radius 1 is 1.12 bits per heavy atom. The molecule has 2 N–H and O–H groups in total. The number of nitrogens with zero attached hydrogens (tertiary/aromatic N) is 2. The number of anilines is 2. The summed E-state index contributed by atoms with van der Waals surface area (Å²) in [7, 11) is 0. The summed E-state index contributed by atoms with van der Waals surface area (Å²) < 4.78 is 1.74. The van der Waals surface area contributed by atoms with Gasteiger partial charge in [-0.15, -0.1) is 0 Å². The van der Waals surface area contributed by atoms with Gasteiger partial charge in [-0.05, 0) is 48.6 Å². The van der Waals surface area contributed by atoms with E-state index in [9.17, 15) is 9.59 Å². The van der Waals surface area contributed by atoms with Gasteiger partial charge in [0.05, 0.1) is 6.20 Å². The Bertz CT molecular complexity index is 1290. The van der Waals surface area contributed by atoms with Crippen LogP contribution in [0.15, 0.2) is 66.0 Å². The molecule has 1 amide bonds. The van der Waals surface area contributed by atoms with Gasteiger partial charge >= 0.3 is 0 Å².